The molecule has 0 heterocycles. The molecule has 0 bridgehead atoms. The molecule has 1 radical (unpaired) electrons. The van der Waals surface area contributed by atoms with Gasteiger partial charge in [-0.1, -0.05) is 360 Å². The monoisotopic (exact) mass is 980 g/mol. The average Bonchev–Trinajstić information content (AvgIpc) is 3.19. The van der Waals surface area contributed by atoms with Gasteiger partial charge in [0.1, 0.15) is 0 Å². The SMILES string of the molecule is CCCCC(C)(C)[C-](C(C)(C)CCCC)C(C)(C)CCCC.CCCCC(C)(C)[C-](C(C)(C)CCCC)C(C)(C)CCCC.CCCCC(C)(C)[C-](C(C)(C)CCCC)C(C)(C)CCCC.[Cr+3]. The van der Waals surface area contributed by atoms with E-state index in [1.54, 1.807) is 0 Å². The molecule has 405 valence electrons. The Morgan fingerprint density at radius 3 is 0.313 bits per heavy atom. The second kappa shape index (κ2) is 34.9. The van der Waals surface area contributed by atoms with Crippen molar-refractivity contribution in [3.05, 3.63) is 17.8 Å². The predicted octanol–water partition coefficient (Wildman–Crippen LogP) is 24.6. The van der Waals surface area contributed by atoms with Gasteiger partial charge < -0.3 is 0 Å². The van der Waals surface area contributed by atoms with Crippen molar-refractivity contribution in [3.8, 4) is 0 Å². The largest absolute Gasteiger partial charge is 3.00 e. The van der Waals surface area contributed by atoms with E-state index in [-0.39, 0.29) is 17.4 Å². The van der Waals surface area contributed by atoms with E-state index in [1.165, 1.54) is 173 Å². The molecule has 0 saturated carbocycles. The molecule has 67 heavy (non-hydrogen) atoms. The van der Waals surface area contributed by atoms with Gasteiger partial charge in [0, 0.05) is 0 Å². The Kier molecular flexibility index (Phi) is 38.5. The molecule has 0 aliphatic heterocycles. The molecule has 0 amide bonds. The maximum atomic E-state index is 2.51. The molecule has 0 aliphatic carbocycles. The number of hydrogen-bond donors (Lipinski definition) is 0. The van der Waals surface area contributed by atoms with Crippen LogP contribution in [0.15, 0.2) is 0 Å². The van der Waals surface area contributed by atoms with Gasteiger partial charge in [-0.25, -0.2) is 0 Å². The smallest absolute Gasteiger partial charge is 0.297 e. The van der Waals surface area contributed by atoms with Crippen molar-refractivity contribution in [2.75, 3.05) is 0 Å². The summed E-state index contributed by atoms with van der Waals surface area (Å²) in [6.07, 6.45) is 36.0. The molecule has 0 nitrogen and oxygen atoms in total. The van der Waals surface area contributed by atoms with Crippen molar-refractivity contribution in [3.63, 3.8) is 0 Å². The molecule has 1 heteroatoms. The third-order valence-electron chi connectivity index (χ3n) is 16.5. The molecule has 0 unspecified atom stereocenters. The van der Waals surface area contributed by atoms with Crippen molar-refractivity contribution in [2.24, 2.45) is 48.7 Å². The Labute approximate surface area is 441 Å². The molecule has 0 aliphatic rings. The second-order valence-electron chi connectivity index (χ2n) is 28.0. The van der Waals surface area contributed by atoms with Gasteiger partial charge in [0.15, 0.2) is 0 Å². The van der Waals surface area contributed by atoms with Crippen molar-refractivity contribution in [2.45, 2.75) is 360 Å². The van der Waals surface area contributed by atoms with Gasteiger partial charge >= 0.3 is 17.4 Å². The predicted molar refractivity (Wildman–Crippen MR) is 309 cm³/mol. The minimum Gasteiger partial charge on any atom is -0.297 e. The fraction of sp³-hybridized carbons (Fsp3) is 0.955. The Bertz CT molecular complexity index is 855. The zero-order valence-corrected chi connectivity index (χ0v) is 53.8. The van der Waals surface area contributed by atoms with Gasteiger partial charge in [-0.3, -0.25) is 17.8 Å². The number of rotatable bonds is 36. The van der Waals surface area contributed by atoms with E-state index < -0.39 is 0 Å². The van der Waals surface area contributed by atoms with Gasteiger partial charge in [0.05, 0.1) is 0 Å². The Morgan fingerprint density at radius 1 is 0.179 bits per heavy atom. The van der Waals surface area contributed by atoms with Gasteiger partial charge in [-0.15, -0.1) is 0 Å². The summed E-state index contributed by atoms with van der Waals surface area (Å²) < 4.78 is 0. The van der Waals surface area contributed by atoms with Crippen LogP contribution >= 0.6 is 0 Å². The standard InChI is InChI=1S/3C22H45.Cr/c3*1-10-13-16-20(4,5)19(21(6,7)17-14-11-2)22(8,9)18-15-12-3;/h3*10-18H2,1-9H3;/q3*-1;+3. The zero-order valence-electron chi connectivity index (χ0n) is 52.5. The summed E-state index contributed by atoms with van der Waals surface area (Å²) >= 11 is 0. The normalized spacial score (nSPS) is 13.7. The first-order chi connectivity index (χ1) is 30.1. The molecule has 0 aromatic carbocycles. The number of hydrogen-bond acceptors (Lipinski definition) is 0. The molecule has 0 spiro atoms. The third-order valence-corrected chi connectivity index (χ3v) is 16.5. The molecule has 0 rings (SSSR count). The summed E-state index contributed by atoms with van der Waals surface area (Å²) in [5.41, 5.74) is 3.17. The second-order valence-corrected chi connectivity index (χ2v) is 28.0. The quantitative estimate of drug-likeness (QED) is 0.0549. The van der Waals surface area contributed by atoms with Crippen molar-refractivity contribution >= 4 is 0 Å². The van der Waals surface area contributed by atoms with Crippen LogP contribution in [0.2, 0.25) is 0 Å². The Balaban J connectivity index is -0.000000441. The van der Waals surface area contributed by atoms with Gasteiger partial charge in [0.2, 0.25) is 0 Å². The van der Waals surface area contributed by atoms with Crippen LogP contribution in [0.3, 0.4) is 0 Å². The summed E-state index contributed by atoms with van der Waals surface area (Å²) in [4.78, 5) is 0. The van der Waals surface area contributed by atoms with E-state index in [2.05, 4.69) is 187 Å². The maximum absolute atomic E-state index is 2.51. The summed E-state index contributed by atoms with van der Waals surface area (Å²) in [6.45, 7) is 66.1. The van der Waals surface area contributed by atoms with Crippen LogP contribution < -0.4 is 0 Å². The molecule has 0 atom stereocenters. The maximum Gasteiger partial charge on any atom is 3.00 e. The first-order valence-electron chi connectivity index (χ1n) is 29.8. The summed E-state index contributed by atoms with van der Waals surface area (Å²) in [5.74, 6) is 5.51. The van der Waals surface area contributed by atoms with E-state index in [1.807, 2.05) is 17.8 Å². The third kappa shape index (κ3) is 28.0. The Morgan fingerprint density at radius 2 is 0.254 bits per heavy atom. The van der Waals surface area contributed by atoms with Crippen LogP contribution in [0.25, 0.3) is 0 Å². The fourth-order valence-corrected chi connectivity index (χ4v) is 14.9. The molecule has 0 N–H and O–H groups in total. The topological polar surface area (TPSA) is 0 Å². The van der Waals surface area contributed by atoms with E-state index in [9.17, 15) is 0 Å². The molecule has 0 aromatic rings. The van der Waals surface area contributed by atoms with Crippen molar-refractivity contribution in [1.82, 2.24) is 0 Å². The van der Waals surface area contributed by atoms with Crippen LogP contribution in [0.4, 0.5) is 0 Å². The summed E-state index contributed by atoms with van der Waals surface area (Å²) in [6, 6.07) is 0. The first kappa shape index (κ1) is 74.1. The van der Waals surface area contributed by atoms with Crippen molar-refractivity contribution < 1.29 is 17.4 Å². The van der Waals surface area contributed by atoms with E-state index >= 15 is 0 Å². The van der Waals surface area contributed by atoms with Gasteiger partial charge in [0.25, 0.3) is 0 Å². The van der Waals surface area contributed by atoms with Crippen molar-refractivity contribution in [1.29, 1.82) is 0 Å². The molecule has 0 fully saturated rings. The average molecular weight is 981 g/mol. The number of unbranched alkanes of at least 4 members (excludes halogenated alkanes) is 9. The molecular weight excluding hydrogens is 845 g/mol. The van der Waals surface area contributed by atoms with Crippen LogP contribution in [0, 0.1) is 66.5 Å². The fourth-order valence-electron chi connectivity index (χ4n) is 14.9. The zero-order chi connectivity index (χ0) is 52.3. The molecule has 0 aromatic heterocycles. The van der Waals surface area contributed by atoms with Crippen LogP contribution in [0.5, 0.6) is 0 Å². The van der Waals surface area contributed by atoms with E-state index in [4.69, 9.17) is 0 Å². The minimum absolute atomic E-state index is 0. The van der Waals surface area contributed by atoms with E-state index in [0.29, 0.717) is 48.7 Å². The first-order valence-corrected chi connectivity index (χ1v) is 29.8. The molecule has 0 saturated heterocycles. The van der Waals surface area contributed by atoms with Crippen LogP contribution in [-0.4, -0.2) is 0 Å². The summed E-state index contributed by atoms with van der Waals surface area (Å²) in [5, 5.41) is 0. The van der Waals surface area contributed by atoms with Gasteiger partial charge in [-0.2, -0.15) is 48.7 Å². The van der Waals surface area contributed by atoms with Crippen LogP contribution in [0.1, 0.15) is 360 Å². The van der Waals surface area contributed by atoms with E-state index in [0.717, 1.165) is 0 Å². The molecular formula is C66H135Cr. The minimum atomic E-state index is 0. The van der Waals surface area contributed by atoms with Crippen LogP contribution in [-0.2, 0) is 17.4 Å². The Hall–Kier alpha value is 0.532. The van der Waals surface area contributed by atoms with Gasteiger partial charge in [-0.05, 0) is 0 Å². The summed E-state index contributed by atoms with van der Waals surface area (Å²) in [7, 11) is 0.